The van der Waals surface area contributed by atoms with Crippen molar-refractivity contribution in [3.05, 3.63) is 17.7 Å². The van der Waals surface area contributed by atoms with E-state index in [1.165, 1.54) is 25.6 Å². The molecular formula is C12H17N3O3. The van der Waals surface area contributed by atoms with Crippen LogP contribution in [0.4, 0.5) is 0 Å². The largest absolute Gasteiger partial charge is 0.477 e. The van der Waals surface area contributed by atoms with E-state index >= 15 is 0 Å². The fourth-order valence-corrected chi connectivity index (χ4v) is 2.34. The molecule has 0 atom stereocenters. The fraction of sp³-hybridized carbons (Fsp3) is 0.583. The van der Waals surface area contributed by atoms with Crippen LogP contribution < -0.4 is 5.32 Å². The molecule has 0 spiro atoms. The van der Waals surface area contributed by atoms with Crippen molar-refractivity contribution in [3.8, 4) is 0 Å². The van der Waals surface area contributed by atoms with E-state index in [9.17, 15) is 9.59 Å². The number of hydrogen-bond donors (Lipinski definition) is 3. The van der Waals surface area contributed by atoms with Gasteiger partial charge in [-0.1, -0.05) is 19.3 Å². The number of carbonyl (C=O) groups is 2. The Morgan fingerprint density at radius 1 is 1.39 bits per heavy atom. The molecule has 0 radical (unpaired) electrons. The first kappa shape index (κ1) is 12.6. The van der Waals surface area contributed by atoms with Gasteiger partial charge in [0.2, 0.25) is 0 Å². The number of imidazole rings is 1. The zero-order valence-electron chi connectivity index (χ0n) is 10.1. The fourth-order valence-electron chi connectivity index (χ4n) is 2.34. The molecule has 2 rings (SSSR count). The minimum absolute atomic E-state index is 0.0432. The van der Waals surface area contributed by atoms with Gasteiger partial charge in [-0.15, -0.1) is 0 Å². The van der Waals surface area contributed by atoms with Gasteiger partial charge in [0.1, 0.15) is 0 Å². The van der Waals surface area contributed by atoms with E-state index in [-0.39, 0.29) is 11.4 Å². The number of aromatic carboxylic acids is 1. The Hall–Kier alpha value is -1.85. The lowest BCUT2D eigenvalue weighted by atomic mass is 9.89. The lowest BCUT2D eigenvalue weighted by Gasteiger charge is -2.21. The van der Waals surface area contributed by atoms with Crippen LogP contribution in [0.15, 0.2) is 6.33 Å². The third-order valence-electron chi connectivity index (χ3n) is 3.34. The number of hydrogen-bond acceptors (Lipinski definition) is 3. The summed E-state index contributed by atoms with van der Waals surface area (Å²) in [6.07, 6.45) is 7.18. The zero-order chi connectivity index (χ0) is 13.0. The highest BCUT2D eigenvalue weighted by molar-refractivity contribution is 6.02. The van der Waals surface area contributed by atoms with Crippen LogP contribution in [0.2, 0.25) is 0 Å². The lowest BCUT2D eigenvalue weighted by Crippen LogP contribution is -2.31. The molecular weight excluding hydrogens is 234 g/mol. The molecule has 0 saturated heterocycles. The maximum absolute atomic E-state index is 11.8. The highest BCUT2D eigenvalue weighted by atomic mass is 16.4. The molecule has 1 aromatic heterocycles. The quantitative estimate of drug-likeness (QED) is 0.754. The number of carboxylic acids is 1. The molecule has 0 unspecified atom stereocenters. The topological polar surface area (TPSA) is 95.1 Å². The number of carbonyl (C=O) groups excluding carboxylic acids is 1. The summed E-state index contributed by atoms with van der Waals surface area (Å²) >= 11 is 0. The van der Waals surface area contributed by atoms with Gasteiger partial charge in [0.05, 0.1) is 6.33 Å². The summed E-state index contributed by atoms with van der Waals surface area (Å²) in [6, 6.07) is 0. The summed E-state index contributed by atoms with van der Waals surface area (Å²) in [4.78, 5) is 28.9. The molecule has 0 aromatic carbocycles. The summed E-state index contributed by atoms with van der Waals surface area (Å²) < 4.78 is 0. The molecule has 6 heteroatoms. The van der Waals surface area contributed by atoms with Gasteiger partial charge >= 0.3 is 5.97 Å². The Kier molecular flexibility index (Phi) is 3.96. The van der Waals surface area contributed by atoms with Crippen LogP contribution in [0.5, 0.6) is 0 Å². The number of nitrogens with zero attached hydrogens (tertiary/aromatic N) is 1. The van der Waals surface area contributed by atoms with Crippen LogP contribution in [-0.4, -0.2) is 33.5 Å². The lowest BCUT2D eigenvalue weighted by molar-refractivity contribution is 0.0684. The molecule has 18 heavy (non-hydrogen) atoms. The zero-order valence-corrected chi connectivity index (χ0v) is 10.1. The maximum atomic E-state index is 11.8. The van der Waals surface area contributed by atoms with E-state index < -0.39 is 11.9 Å². The average Bonchev–Trinajstić information content (AvgIpc) is 2.86. The summed E-state index contributed by atoms with van der Waals surface area (Å²) in [7, 11) is 0. The molecule has 6 nitrogen and oxygen atoms in total. The number of amides is 1. The van der Waals surface area contributed by atoms with Crippen LogP contribution >= 0.6 is 0 Å². The minimum Gasteiger partial charge on any atom is -0.477 e. The predicted octanol–water partition coefficient (Wildman–Crippen LogP) is 1.42. The Morgan fingerprint density at radius 2 is 2.11 bits per heavy atom. The SMILES string of the molecule is O=C(NCC1CCCCC1)c1nc[nH]c1C(=O)O. The monoisotopic (exact) mass is 251 g/mol. The van der Waals surface area contributed by atoms with Crippen molar-refractivity contribution in [1.29, 1.82) is 0 Å². The number of H-pyrrole nitrogens is 1. The molecule has 1 heterocycles. The number of rotatable bonds is 4. The number of aromatic amines is 1. The van der Waals surface area contributed by atoms with E-state index in [0.717, 1.165) is 12.8 Å². The van der Waals surface area contributed by atoms with Gasteiger partial charge < -0.3 is 15.4 Å². The molecule has 1 aromatic rings. The second-order valence-electron chi connectivity index (χ2n) is 4.65. The molecule has 0 bridgehead atoms. The third kappa shape index (κ3) is 2.88. The first-order chi connectivity index (χ1) is 8.68. The first-order valence-electron chi connectivity index (χ1n) is 6.23. The van der Waals surface area contributed by atoms with Crippen molar-refractivity contribution in [2.24, 2.45) is 5.92 Å². The molecule has 98 valence electrons. The molecule has 1 aliphatic rings. The van der Waals surface area contributed by atoms with Gasteiger partial charge in [-0.05, 0) is 18.8 Å². The standard InChI is InChI=1S/C12H17N3O3/c16-11(9-10(12(17)18)15-7-14-9)13-6-8-4-2-1-3-5-8/h7-8H,1-6H2,(H,13,16)(H,14,15)(H,17,18). The van der Waals surface area contributed by atoms with E-state index in [1.54, 1.807) is 0 Å². The van der Waals surface area contributed by atoms with Crippen molar-refractivity contribution >= 4 is 11.9 Å². The van der Waals surface area contributed by atoms with Gasteiger partial charge in [0.25, 0.3) is 5.91 Å². The van der Waals surface area contributed by atoms with Crippen molar-refractivity contribution in [1.82, 2.24) is 15.3 Å². The summed E-state index contributed by atoms with van der Waals surface area (Å²) in [6.45, 7) is 0.602. The first-order valence-corrected chi connectivity index (χ1v) is 6.23. The Bertz CT molecular complexity index is 436. The van der Waals surface area contributed by atoms with E-state index in [1.807, 2.05) is 0 Å². The second-order valence-corrected chi connectivity index (χ2v) is 4.65. The number of carboxylic acid groups (broad SMARTS) is 1. The predicted molar refractivity (Wildman–Crippen MR) is 64.5 cm³/mol. The molecule has 1 amide bonds. The van der Waals surface area contributed by atoms with Crippen LogP contribution in [0.25, 0.3) is 0 Å². The number of aromatic nitrogens is 2. The van der Waals surface area contributed by atoms with E-state index in [0.29, 0.717) is 12.5 Å². The van der Waals surface area contributed by atoms with Gasteiger partial charge in [-0.2, -0.15) is 0 Å². The minimum atomic E-state index is -1.17. The molecule has 1 fully saturated rings. The summed E-state index contributed by atoms with van der Waals surface area (Å²) in [5.74, 6) is -1.08. The van der Waals surface area contributed by atoms with Crippen molar-refractivity contribution in [2.45, 2.75) is 32.1 Å². The molecule has 0 aliphatic heterocycles. The van der Waals surface area contributed by atoms with E-state index in [4.69, 9.17) is 5.11 Å². The Balaban J connectivity index is 1.91. The van der Waals surface area contributed by atoms with Crippen LogP contribution in [0.3, 0.4) is 0 Å². The highest BCUT2D eigenvalue weighted by Crippen LogP contribution is 2.22. The number of nitrogens with one attached hydrogen (secondary N) is 2. The Labute approximate surface area is 105 Å². The van der Waals surface area contributed by atoms with Crippen molar-refractivity contribution in [2.75, 3.05) is 6.54 Å². The van der Waals surface area contributed by atoms with Crippen LogP contribution in [-0.2, 0) is 0 Å². The Morgan fingerprint density at radius 3 is 2.78 bits per heavy atom. The van der Waals surface area contributed by atoms with Crippen LogP contribution in [0, 0.1) is 5.92 Å². The summed E-state index contributed by atoms with van der Waals surface area (Å²) in [5.41, 5.74) is -0.200. The highest BCUT2D eigenvalue weighted by Gasteiger charge is 2.21. The molecule has 3 N–H and O–H groups in total. The average molecular weight is 251 g/mol. The molecule has 1 aliphatic carbocycles. The van der Waals surface area contributed by atoms with Crippen molar-refractivity contribution in [3.63, 3.8) is 0 Å². The third-order valence-corrected chi connectivity index (χ3v) is 3.34. The maximum Gasteiger partial charge on any atom is 0.354 e. The van der Waals surface area contributed by atoms with E-state index in [2.05, 4.69) is 15.3 Å². The smallest absolute Gasteiger partial charge is 0.354 e. The second kappa shape index (κ2) is 5.66. The van der Waals surface area contributed by atoms with Crippen molar-refractivity contribution < 1.29 is 14.7 Å². The van der Waals surface area contributed by atoms with Gasteiger partial charge in [0.15, 0.2) is 11.4 Å². The van der Waals surface area contributed by atoms with Gasteiger partial charge in [-0.3, -0.25) is 4.79 Å². The molecule has 1 saturated carbocycles. The van der Waals surface area contributed by atoms with Gasteiger partial charge in [0, 0.05) is 6.54 Å². The normalized spacial score (nSPS) is 16.4. The van der Waals surface area contributed by atoms with Gasteiger partial charge in [-0.25, -0.2) is 9.78 Å². The summed E-state index contributed by atoms with van der Waals surface area (Å²) in [5, 5.41) is 11.6. The van der Waals surface area contributed by atoms with Crippen LogP contribution in [0.1, 0.15) is 53.1 Å².